The fourth-order valence-electron chi connectivity index (χ4n) is 1.96. The first-order valence-corrected chi connectivity index (χ1v) is 7.73. The number of hydrogen-bond acceptors (Lipinski definition) is 6. The number of aromatic nitrogens is 2. The topological polar surface area (TPSA) is 151 Å². The lowest BCUT2D eigenvalue weighted by molar-refractivity contribution is -0.200. The van der Waals surface area contributed by atoms with E-state index < -0.39 is 61.3 Å². The van der Waals surface area contributed by atoms with E-state index in [9.17, 15) is 36.8 Å². The Labute approximate surface area is 134 Å². The maximum atomic E-state index is 13.2. The molecule has 1 aromatic rings. The number of aromatic amines is 1. The molecule has 0 amide bonds. The Kier molecular flexibility index (Phi) is 4.83. The molecule has 0 saturated carbocycles. The van der Waals surface area contributed by atoms with E-state index in [0.29, 0.717) is 10.8 Å². The number of ether oxygens (including phenoxy) is 1. The quantitative estimate of drug-likeness (QED) is 0.425. The highest BCUT2D eigenvalue weighted by molar-refractivity contribution is 7.46. The molecule has 10 nitrogen and oxygen atoms in total. The van der Waals surface area contributed by atoms with Crippen LogP contribution >= 0.6 is 7.82 Å². The molecular weight excluding hydrogens is 383 g/mol. The molecule has 2 rings (SSSR count). The number of aliphatic hydroxyl groups excluding tert-OH is 1. The zero-order chi connectivity index (χ0) is 19.2. The minimum absolute atomic E-state index is 0.342. The fraction of sp³-hybridized carbons (Fsp3) is 0.400. The number of phosphoric acid groups is 1. The molecule has 0 aliphatic carbocycles. The molecular formula is C10H9F4N2O8P. The lowest BCUT2D eigenvalue weighted by Crippen LogP contribution is -2.36. The molecule has 1 aliphatic heterocycles. The summed E-state index contributed by atoms with van der Waals surface area (Å²) < 4.78 is 71.4. The summed E-state index contributed by atoms with van der Waals surface area (Å²) in [6.07, 6.45) is -10.9. The van der Waals surface area contributed by atoms with Crippen LogP contribution in [0.15, 0.2) is 27.3 Å². The van der Waals surface area contributed by atoms with Crippen molar-refractivity contribution in [3.05, 3.63) is 44.4 Å². The summed E-state index contributed by atoms with van der Waals surface area (Å²) in [5, 5.41) is 9.61. The average molecular weight is 392 g/mol. The lowest BCUT2D eigenvalue weighted by Gasteiger charge is -2.23. The molecule has 0 radical (unpaired) electrons. The van der Waals surface area contributed by atoms with Gasteiger partial charge in [-0.3, -0.25) is 18.9 Å². The van der Waals surface area contributed by atoms with Gasteiger partial charge in [-0.25, -0.2) is 9.36 Å². The van der Waals surface area contributed by atoms with Crippen LogP contribution in [0, 0.1) is 5.82 Å². The molecule has 0 bridgehead atoms. The van der Waals surface area contributed by atoms with E-state index in [0.717, 1.165) is 0 Å². The first-order valence-electron chi connectivity index (χ1n) is 6.20. The van der Waals surface area contributed by atoms with Gasteiger partial charge in [0.25, 0.3) is 5.56 Å². The summed E-state index contributed by atoms with van der Waals surface area (Å²) in [5.41, 5.74) is -2.63. The fourth-order valence-corrected chi connectivity index (χ4v) is 2.45. The highest BCUT2D eigenvalue weighted by atomic mass is 31.2. The standard InChI is InChI=1S/C10H9F4N2O8P/c11-3-2-16(9(19)15-8(3)18)5-1-4(17)6(23-5)7(10(12,13)14)24-25(20,21)22/h2,5,7,17H,1H2,(H,15,18,19)(H2,20,21,22)/t5-,7-/m1/s1. The second kappa shape index (κ2) is 6.29. The van der Waals surface area contributed by atoms with E-state index in [1.54, 1.807) is 0 Å². The lowest BCUT2D eigenvalue weighted by atomic mass is 10.2. The summed E-state index contributed by atoms with van der Waals surface area (Å²) in [4.78, 5) is 41.2. The van der Waals surface area contributed by atoms with Crippen LogP contribution in [-0.4, -0.2) is 36.7 Å². The number of hydrogen-bond donors (Lipinski definition) is 4. The van der Waals surface area contributed by atoms with Crippen molar-refractivity contribution in [1.29, 1.82) is 0 Å². The van der Waals surface area contributed by atoms with Crippen LogP contribution in [0.4, 0.5) is 17.6 Å². The van der Waals surface area contributed by atoms with Gasteiger partial charge in [0, 0.05) is 0 Å². The molecule has 2 atom stereocenters. The maximum Gasteiger partial charge on any atom is 0.470 e. The Morgan fingerprint density at radius 3 is 2.52 bits per heavy atom. The van der Waals surface area contributed by atoms with Gasteiger partial charge in [0.15, 0.2) is 12.0 Å². The van der Waals surface area contributed by atoms with E-state index in [-0.39, 0.29) is 0 Å². The Bertz CT molecular complexity index is 869. The van der Waals surface area contributed by atoms with Crippen LogP contribution < -0.4 is 11.2 Å². The molecule has 1 aliphatic rings. The second-order valence-corrected chi connectivity index (χ2v) is 5.94. The summed E-state index contributed by atoms with van der Waals surface area (Å²) in [6, 6.07) is 0. The van der Waals surface area contributed by atoms with Crippen LogP contribution in [-0.2, 0) is 13.8 Å². The molecule has 15 heteroatoms. The number of aliphatic hydroxyl groups is 1. The Hall–Kier alpha value is -2.15. The minimum atomic E-state index is -5.63. The van der Waals surface area contributed by atoms with Crippen molar-refractivity contribution in [1.82, 2.24) is 9.55 Å². The normalized spacial score (nSPS) is 19.8. The number of halogens is 4. The highest BCUT2D eigenvalue weighted by Crippen LogP contribution is 2.47. The van der Waals surface area contributed by atoms with Gasteiger partial charge >= 0.3 is 19.7 Å². The van der Waals surface area contributed by atoms with Crippen LogP contribution in [0.25, 0.3) is 0 Å². The van der Waals surface area contributed by atoms with Gasteiger partial charge in [-0.15, -0.1) is 0 Å². The van der Waals surface area contributed by atoms with Gasteiger partial charge < -0.3 is 19.6 Å². The smallest absolute Gasteiger partial charge is 0.470 e. The minimum Gasteiger partial charge on any atom is -0.508 e. The van der Waals surface area contributed by atoms with Crippen molar-refractivity contribution in [3.8, 4) is 0 Å². The van der Waals surface area contributed by atoms with Crippen molar-refractivity contribution >= 4 is 7.82 Å². The molecule has 25 heavy (non-hydrogen) atoms. The maximum absolute atomic E-state index is 13.2. The van der Waals surface area contributed by atoms with Gasteiger partial charge in [0.05, 0.1) is 12.6 Å². The number of nitrogens with zero attached hydrogens (tertiary/aromatic N) is 1. The van der Waals surface area contributed by atoms with Crippen LogP contribution in [0.1, 0.15) is 12.6 Å². The monoisotopic (exact) mass is 392 g/mol. The number of phosphoric ester groups is 1. The van der Waals surface area contributed by atoms with Crippen molar-refractivity contribution in [2.45, 2.75) is 24.9 Å². The Morgan fingerprint density at radius 2 is 2.00 bits per heavy atom. The predicted molar refractivity (Wildman–Crippen MR) is 68.6 cm³/mol. The first kappa shape index (κ1) is 19.2. The van der Waals surface area contributed by atoms with E-state index in [2.05, 4.69) is 9.26 Å². The van der Waals surface area contributed by atoms with Gasteiger partial charge in [-0.05, 0) is 0 Å². The zero-order valence-corrected chi connectivity index (χ0v) is 12.6. The zero-order valence-electron chi connectivity index (χ0n) is 11.7. The molecule has 0 unspecified atom stereocenters. The Balaban J connectivity index is 2.37. The van der Waals surface area contributed by atoms with Crippen LogP contribution in [0.3, 0.4) is 0 Å². The summed E-state index contributed by atoms with van der Waals surface area (Å²) in [5.74, 6) is -3.98. The van der Waals surface area contributed by atoms with E-state index in [1.165, 1.54) is 4.98 Å². The molecule has 2 heterocycles. The molecule has 140 valence electrons. The SMILES string of the molecule is O=c1[nH]c(=O)n([C@H]2CC(O)=C([C@@H](OP(=O)(O)O)C(F)(F)F)O2)cc1F. The molecule has 4 N–H and O–H groups in total. The Morgan fingerprint density at radius 1 is 1.40 bits per heavy atom. The summed E-state index contributed by atoms with van der Waals surface area (Å²) >= 11 is 0. The van der Waals surface area contributed by atoms with Crippen LogP contribution in [0.2, 0.25) is 0 Å². The number of nitrogens with one attached hydrogen (secondary N) is 1. The third kappa shape index (κ3) is 4.28. The van der Waals surface area contributed by atoms with Crippen molar-refractivity contribution in [2.24, 2.45) is 0 Å². The van der Waals surface area contributed by atoms with Gasteiger partial charge in [0.2, 0.25) is 11.9 Å². The van der Waals surface area contributed by atoms with E-state index >= 15 is 0 Å². The molecule has 0 aromatic carbocycles. The number of alkyl halides is 3. The molecule has 0 spiro atoms. The largest absolute Gasteiger partial charge is 0.508 e. The van der Waals surface area contributed by atoms with E-state index in [1.807, 2.05) is 0 Å². The third-order valence-electron chi connectivity index (χ3n) is 2.93. The summed E-state index contributed by atoms with van der Waals surface area (Å²) in [6.45, 7) is 0. The van der Waals surface area contributed by atoms with Crippen molar-refractivity contribution in [3.63, 3.8) is 0 Å². The summed E-state index contributed by atoms with van der Waals surface area (Å²) in [7, 11) is -5.63. The predicted octanol–water partition coefficient (Wildman–Crippen LogP) is 0.404. The highest BCUT2D eigenvalue weighted by Gasteiger charge is 2.51. The number of H-pyrrole nitrogens is 1. The molecule has 0 saturated heterocycles. The van der Waals surface area contributed by atoms with Crippen molar-refractivity contribution in [2.75, 3.05) is 0 Å². The second-order valence-electron chi connectivity index (χ2n) is 4.75. The van der Waals surface area contributed by atoms with Gasteiger partial charge in [-0.2, -0.15) is 17.6 Å². The van der Waals surface area contributed by atoms with Gasteiger partial charge in [-0.1, -0.05) is 0 Å². The van der Waals surface area contributed by atoms with Crippen LogP contribution in [0.5, 0.6) is 0 Å². The van der Waals surface area contributed by atoms with Gasteiger partial charge in [0.1, 0.15) is 5.76 Å². The third-order valence-corrected chi connectivity index (χ3v) is 3.41. The van der Waals surface area contributed by atoms with E-state index in [4.69, 9.17) is 9.79 Å². The van der Waals surface area contributed by atoms with Crippen molar-refractivity contribution < 1.29 is 46.3 Å². The number of rotatable bonds is 4. The average Bonchev–Trinajstić information content (AvgIpc) is 2.79. The molecule has 0 fully saturated rings. The first-order chi connectivity index (χ1) is 11.3. The molecule has 1 aromatic heterocycles.